The van der Waals surface area contributed by atoms with Gasteiger partial charge in [-0.15, -0.1) is 5.10 Å². The van der Waals surface area contributed by atoms with Crippen molar-refractivity contribution in [3.05, 3.63) is 30.4 Å². The molecule has 14 heavy (non-hydrogen) atoms. The van der Waals surface area contributed by atoms with Crippen LogP contribution in [0.5, 0.6) is 0 Å². The molecule has 2 aromatic rings. The number of carboxylic acids is 1. The Morgan fingerprint density at radius 3 is 2.71 bits per heavy atom. The van der Waals surface area contributed by atoms with E-state index in [9.17, 15) is 4.79 Å². The summed E-state index contributed by atoms with van der Waals surface area (Å²) in [6.07, 6.45) is 4.13. The van der Waals surface area contributed by atoms with Crippen molar-refractivity contribution < 1.29 is 9.90 Å². The normalized spacial score (nSPS) is 10.0. The summed E-state index contributed by atoms with van der Waals surface area (Å²) in [6, 6.07) is 1.63. The second kappa shape index (κ2) is 3.21. The van der Waals surface area contributed by atoms with Gasteiger partial charge in [-0.2, -0.15) is 4.68 Å². The fraction of sp³-hybridized carbons (Fsp3) is 0. The number of aromatic carboxylic acids is 1. The molecule has 0 aliphatic heterocycles. The summed E-state index contributed by atoms with van der Waals surface area (Å²) in [5.74, 6) is -0.940. The van der Waals surface area contributed by atoms with Crippen LogP contribution in [0.15, 0.2) is 24.7 Å². The highest BCUT2D eigenvalue weighted by molar-refractivity contribution is 5.85. The van der Waals surface area contributed by atoms with Crippen LogP contribution in [-0.2, 0) is 0 Å². The van der Waals surface area contributed by atoms with E-state index in [1.807, 2.05) is 0 Å². The number of hydrogen-bond donors (Lipinski definition) is 1. The van der Waals surface area contributed by atoms with Crippen molar-refractivity contribution in [3.63, 3.8) is 0 Å². The van der Waals surface area contributed by atoms with Gasteiger partial charge in [0, 0.05) is 12.4 Å². The molecule has 0 bridgehead atoms. The van der Waals surface area contributed by atoms with Crippen LogP contribution in [0, 0.1) is 0 Å². The highest BCUT2D eigenvalue weighted by atomic mass is 16.4. The number of carboxylic acid groups (broad SMARTS) is 1. The minimum absolute atomic E-state index is 0.0730. The Kier molecular flexibility index (Phi) is 1.90. The van der Waals surface area contributed by atoms with Gasteiger partial charge in [0.2, 0.25) is 0 Å². The molecule has 0 saturated carbocycles. The maximum atomic E-state index is 10.7. The first-order valence-electron chi connectivity index (χ1n) is 3.70. The number of rotatable bonds is 2. The van der Waals surface area contributed by atoms with Gasteiger partial charge in [-0.1, -0.05) is 5.21 Å². The van der Waals surface area contributed by atoms with E-state index in [2.05, 4.69) is 20.3 Å². The van der Waals surface area contributed by atoms with Crippen LogP contribution in [0.2, 0.25) is 0 Å². The number of carbonyl (C=O) groups is 1. The summed E-state index contributed by atoms with van der Waals surface area (Å²) < 4.78 is 1.06. The third-order valence-electron chi connectivity index (χ3n) is 1.51. The lowest BCUT2D eigenvalue weighted by Gasteiger charge is -1.98. The van der Waals surface area contributed by atoms with E-state index in [1.165, 1.54) is 12.4 Å². The van der Waals surface area contributed by atoms with E-state index in [4.69, 9.17) is 5.11 Å². The van der Waals surface area contributed by atoms with Crippen LogP contribution in [-0.4, -0.2) is 36.0 Å². The van der Waals surface area contributed by atoms with E-state index in [1.54, 1.807) is 6.07 Å². The molecule has 0 atom stereocenters. The molecule has 0 unspecified atom stereocenters. The van der Waals surface area contributed by atoms with Gasteiger partial charge in [0.15, 0.2) is 5.69 Å². The van der Waals surface area contributed by atoms with Gasteiger partial charge in [0.1, 0.15) is 0 Å². The maximum absolute atomic E-state index is 10.7. The summed E-state index contributed by atoms with van der Waals surface area (Å²) in [6.45, 7) is 0. The molecule has 0 saturated heterocycles. The van der Waals surface area contributed by atoms with Crippen LogP contribution >= 0.6 is 0 Å². The van der Waals surface area contributed by atoms with Crippen molar-refractivity contribution in [2.75, 3.05) is 0 Å². The van der Waals surface area contributed by atoms with Gasteiger partial charge in [0.05, 0.1) is 6.20 Å². The molecular formula is C7H5N5O2. The highest BCUT2D eigenvalue weighted by Gasteiger charge is 2.13. The summed E-state index contributed by atoms with van der Waals surface area (Å²) >= 11 is 0. The van der Waals surface area contributed by atoms with Crippen LogP contribution < -0.4 is 0 Å². The lowest BCUT2D eigenvalue weighted by atomic mass is 10.5. The second-order valence-electron chi connectivity index (χ2n) is 2.38. The van der Waals surface area contributed by atoms with E-state index >= 15 is 0 Å². The zero-order chi connectivity index (χ0) is 9.97. The van der Waals surface area contributed by atoms with Gasteiger partial charge in [-0.05, 0) is 6.07 Å². The molecule has 7 nitrogen and oxygen atoms in total. The molecule has 0 spiro atoms. The van der Waals surface area contributed by atoms with Gasteiger partial charge >= 0.3 is 5.97 Å². The van der Waals surface area contributed by atoms with Gasteiger partial charge in [-0.25, -0.2) is 14.8 Å². The van der Waals surface area contributed by atoms with Crippen molar-refractivity contribution in [3.8, 4) is 5.95 Å². The fourth-order valence-corrected chi connectivity index (χ4v) is 0.929. The lowest BCUT2D eigenvalue weighted by Crippen LogP contribution is -2.10. The highest BCUT2D eigenvalue weighted by Crippen LogP contribution is 2.01. The minimum atomic E-state index is -1.12. The number of hydrogen-bond acceptors (Lipinski definition) is 5. The average Bonchev–Trinajstić information content (AvgIpc) is 2.67. The molecular weight excluding hydrogens is 186 g/mol. The Morgan fingerprint density at radius 2 is 2.07 bits per heavy atom. The number of nitrogens with zero attached hydrogens (tertiary/aromatic N) is 5. The van der Waals surface area contributed by atoms with Crippen LogP contribution in [0.1, 0.15) is 10.5 Å². The summed E-state index contributed by atoms with van der Waals surface area (Å²) in [4.78, 5) is 18.4. The van der Waals surface area contributed by atoms with Crippen molar-refractivity contribution in [2.45, 2.75) is 0 Å². The quantitative estimate of drug-likeness (QED) is 0.703. The predicted octanol–water partition coefficient (Wildman–Crippen LogP) is -0.245. The minimum Gasteiger partial charge on any atom is -0.476 e. The van der Waals surface area contributed by atoms with E-state index in [-0.39, 0.29) is 11.6 Å². The van der Waals surface area contributed by atoms with Gasteiger partial charge in [-0.3, -0.25) is 0 Å². The molecule has 0 amide bonds. The Morgan fingerprint density at radius 1 is 1.36 bits per heavy atom. The maximum Gasteiger partial charge on any atom is 0.356 e. The Balaban J connectivity index is 2.52. The van der Waals surface area contributed by atoms with Crippen LogP contribution in [0.25, 0.3) is 5.95 Å². The van der Waals surface area contributed by atoms with Crippen molar-refractivity contribution in [1.29, 1.82) is 0 Å². The van der Waals surface area contributed by atoms with Crippen LogP contribution in [0.3, 0.4) is 0 Å². The number of aromatic nitrogens is 5. The smallest absolute Gasteiger partial charge is 0.356 e. The molecule has 1 N–H and O–H groups in total. The van der Waals surface area contributed by atoms with Crippen LogP contribution in [0.4, 0.5) is 0 Å². The first-order chi connectivity index (χ1) is 6.79. The first kappa shape index (κ1) is 8.30. The van der Waals surface area contributed by atoms with Crippen molar-refractivity contribution in [1.82, 2.24) is 25.0 Å². The fourth-order valence-electron chi connectivity index (χ4n) is 0.929. The molecule has 2 heterocycles. The monoisotopic (exact) mass is 191 g/mol. The van der Waals surface area contributed by atoms with E-state index in [0.29, 0.717) is 0 Å². The molecule has 0 aromatic carbocycles. The van der Waals surface area contributed by atoms with E-state index < -0.39 is 5.97 Å². The lowest BCUT2D eigenvalue weighted by molar-refractivity contribution is 0.0686. The third-order valence-corrected chi connectivity index (χ3v) is 1.51. The Labute approximate surface area is 78.0 Å². The Hall–Kier alpha value is -2.31. The predicted molar refractivity (Wildman–Crippen MR) is 43.9 cm³/mol. The molecule has 2 aromatic heterocycles. The van der Waals surface area contributed by atoms with Gasteiger partial charge in [0.25, 0.3) is 5.95 Å². The largest absolute Gasteiger partial charge is 0.476 e. The molecule has 0 radical (unpaired) electrons. The van der Waals surface area contributed by atoms with E-state index in [0.717, 1.165) is 10.9 Å². The average molecular weight is 191 g/mol. The van der Waals surface area contributed by atoms with Gasteiger partial charge < -0.3 is 5.11 Å². The molecule has 0 aliphatic carbocycles. The summed E-state index contributed by atoms with van der Waals surface area (Å²) in [5, 5.41) is 15.8. The summed E-state index contributed by atoms with van der Waals surface area (Å²) in [7, 11) is 0. The molecule has 70 valence electrons. The molecule has 2 rings (SSSR count). The zero-order valence-electron chi connectivity index (χ0n) is 6.90. The van der Waals surface area contributed by atoms with Crippen molar-refractivity contribution in [2.24, 2.45) is 0 Å². The SMILES string of the molecule is O=C(O)c1cnnn1-c1ncccn1. The Bertz CT molecular complexity index is 452. The molecule has 7 heteroatoms. The third kappa shape index (κ3) is 1.30. The second-order valence-corrected chi connectivity index (χ2v) is 2.38. The topological polar surface area (TPSA) is 93.8 Å². The summed E-state index contributed by atoms with van der Waals surface area (Å²) in [5.41, 5.74) is -0.0730. The van der Waals surface area contributed by atoms with Crippen molar-refractivity contribution >= 4 is 5.97 Å². The molecule has 0 fully saturated rings. The standard InChI is InChI=1S/C7H5N5O2/c13-6(14)5-4-10-11-12(5)7-8-2-1-3-9-7/h1-4H,(H,13,14). The zero-order valence-corrected chi connectivity index (χ0v) is 6.90. The first-order valence-corrected chi connectivity index (χ1v) is 3.70. The molecule has 0 aliphatic rings.